The fourth-order valence-corrected chi connectivity index (χ4v) is 3.24. The van der Waals surface area contributed by atoms with Crippen LogP contribution in [0.25, 0.3) is 11.3 Å². The van der Waals surface area contributed by atoms with Crippen molar-refractivity contribution in [3.8, 4) is 11.3 Å². The number of pyridine rings is 1. The van der Waals surface area contributed by atoms with Gasteiger partial charge in [0.2, 0.25) is 16.0 Å². The molecule has 0 fully saturated rings. The van der Waals surface area contributed by atoms with Crippen molar-refractivity contribution in [2.75, 3.05) is 10.5 Å². The number of unbranched alkanes of at least 4 members (excludes halogenated alkanes) is 1. The Bertz CT molecular complexity index is 913. The fraction of sp³-hybridized carbons (Fsp3) is 0.474. The maximum atomic E-state index is 11.8. The van der Waals surface area contributed by atoms with E-state index < -0.39 is 10.0 Å². The van der Waals surface area contributed by atoms with Gasteiger partial charge < -0.3 is 4.79 Å². The van der Waals surface area contributed by atoms with Gasteiger partial charge in [-0.1, -0.05) is 20.3 Å². The minimum Gasteiger partial charge on any atom is -0.303 e. The van der Waals surface area contributed by atoms with E-state index in [0.29, 0.717) is 5.69 Å². The molecule has 0 aromatic carbocycles. The number of hydrogen-bond acceptors (Lipinski definition) is 6. The van der Waals surface area contributed by atoms with Gasteiger partial charge in [-0.25, -0.2) is 18.4 Å². The number of aromatic nitrogens is 3. The van der Waals surface area contributed by atoms with Crippen molar-refractivity contribution >= 4 is 22.3 Å². The van der Waals surface area contributed by atoms with Gasteiger partial charge in [-0.2, -0.15) is 0 Å². The Morgan fingerprint density at radius 3 is 2.56 bits per heavy atom. The molecule has 0 saturated heterocycles. The number of sulfonamides is 1. The van der Waals surface area contributed by atoms with Crippen LogP contribution in [-0.2, 0) is 21.2 Å². The zero-order valence-corrected chi connectivity index (χ0v) is 17.0. The molecule has 1 atom stereocenters. The number of aryl methyl sites for hydroxylation is 2. The molecule has 0 aliphatic carbocycles. The Morgan fingerprint density at radius 2 is 1.96 bits per heavy atom. The zero-order valence-electron chi connectivity index (χ0n) is 16.2. The number of rotatable bonds is 9. The molecule has 7 nitrogen and oxygen atoms in total. The molecular formula is C19H26N4O3S. The SMILES string of the molecule is CCCCc1cnc(NS(=O)(=O)CC)nc1-c1cnc(C(C)C=O)c(C)c1. The summed E-state index contributed by atoms with van der Waals surface area (Å²) in [7, 11) is -3.46. The molecule has 2 heterocycles. The van der Waals surface area contributed by atoms with Crippen LogP contribution < -0.4 is 4.72 Å². The number of nitrogens with zero attached hydrogens (tertiary/aromatic N) is 3. The van der Waals surface area contributed by atoms with E-state index in [0.717, 1.165) is 47.9 Å². The lowest BCUT2D eigenvalue weighted by atomic mass is 9.99. The predicted octanol–water partition coefficient (Wildman–Crippen LogP) is 3.25. The van der Waals surface area contributed by atoms with Gasteiger partial charge in [0.1, 0.15) is 6.29 Å². The van der Waals surface area contributed by atoms with Crippen LogP contribution in [0.2, 0.25) is 0 Å². The van der Waals surface area contributed by atoms with Gasteiger partial charge in [0.15, 0.2) is 0 Å². The molecule has 8 heteroatoms. The smallest absolute Gasteiger partial charge is 0.237 e. The van der Waals surface area contributed by atoms with Crippen molar-refractivity contribution in [1.29, 1.82) is 0 Å². The van der Waals surface area contributed by atoms with Gasteiger partial charge >= 0.3 is 0 Å². The molecule has 0 amide bonds. The van der Waals surface area contributed by atoms with E-state index in [4.69, 9.17) is 0 Å². The van der Waals surface area contributed by atoms with Crippen LogP contribution in [0.1, 0.15) is 56.4 Å². The molecule has 1 unspecified atom stereocenters. The number of anilines is 1. The van der Waals surface area contributed by atoms with Crippen molar-refractivity contribution in [1.82, 2.24) is 15.0 Å². The molecule has 2 rings (SSSR count). The van der Waals surface area contributed by atoms with Crippen molar-refractivity contribution in [2.24, 2.45) is 0 Å². The second-order valence-corrected chi connectivity index (χ2v) is 8.54. The summed E-state index contributed by atoms with van der Waals surface area (Å²) in [6, 6.07) is 1.93. The van der Waals surface area contributed by atoms with Gasteiger partial charge in [0, 0.05) is 18.0 Å². The molecule has 1 N–H and O–H groups in total. The van der Waals surface area contributed by atoms with Crippen LogP contribution in [0.3, 0.4) is 0 Å². The van der Waals surface area contributed by atoms with Crippen molar-refractivity contribution < 1.29 is 13.2 Å². The van der Waals surface area contributed by atoms with Crippen LogP contribution >= 0.6 is 0 Å². The molecule has 27 heavy (non-hydrogen) atoms. The van der Waals surface area contributed by atoms with Crippen LogP contribution in [0.5, 0.6) is 0 Å². The van der Waals surface area contributed by atoms with Gasteiger partial charge in [0.25, 0.3) is 0 Å². The second kappa shape index (κ2) is 9.03. The van der Waals surface area contributed by atoms with E-state index in [1.807, 2.05) is 13.0 Å². The first-order valence-corrected chi connectivity index (χ1v) is 10.7. The molecule has 0 aliphatic rings. The summed E-state index contributed by atoms with van der Waals surface area (Å²) >= 11 is 0. The van der Waals surface area contributed by atoms with Crippen LogP contribution in [-0.4, -0.2) is 35.4 Å². The maximum Gasteiger partial charge on any atom is 0.237 e. The Hall–Kier alpha value is -2.35. The summed E-state index contributed by atoms with van der Waals surface area (Å²) < 4.78 is 26.1. The topological polar surface area (TPSA) is 102 Å². The summed E-state index contributed by atoms with van der Waals surface area (Å²) in [6.07, 6.45) is 7.00. The molecule has 2 aromatic heterocycles. The Balaban J connectivity index is 2.51. The third-order valence-corrected chi connectivity index (χ3v) is 5.57. The Labute approximate surface area is 160 Å². The highest BCUT2D eigenvalue weighted by molar-refractivity contribution is 7.92. The van der Waals surface area contributed by atoms with E-state index >= 15 is 0 Å². The molecule has 2 aromatic rings. The molecule has 0 saturated carbocycles. The maximum absolute atomic E-state index is 11.8. The first-order valence-electron chi connectivity index (χ1n) is 9.09. The summed E-state index contributed by atoms with van der Waals surface area (Å²) in [5.41, 5.74) is 3.99. The third kappa shape index (κ3) is 5.32. The lowest BCUT2D eigenvalue weighted by Gasteiger charge is -2.13. The highest BCUT2D eigenvalue weighted by atomic mass is 32.2. The third-order valence-electron chi connectivity index (χ3n) is 4.32. The Kier molecular flexibility index (Phi) is 7.01. The zero-order chi connectivity index (χ0) is 20.0. The molecule has 146 valence electrons. The molecule has 0 spiro atoms. The van der Waals surface area contributed by atoms with E-state index in [1.165, 1.54) is 0 Å². The van der Waals surface area contributed by atoms with Crippen LogP contribution in [0.4, 0.5) is 5.95 Å². The van der Waals surface area contributed by atoms with E-state index in [-0.39, 0.29) is 17.6 Å². The first kappa shape index (κ1) is 21.0. The molecule has 0 aliphatic heterocycles. The summed E-state index contributed by atoms with van der Waals surface area (Å²) in [5, 5.41) is 0. The number of carbonyl (C=O) groups excluding carboxylic acids is 1. The number of carbonyl (C=O) groups is 1. The van der Waals surface area contributed by atoms with Crippen LogP contribution in [0.15, 0.2) is 18.5 Å². The van der Waals surface area contributed by atoms with Gasteiger partial charge in [-0.05, 0) is 43.9 Å². The summed E-state index contributed by atoms with van der Waals surface area (Å²) in [4.78, 5) is 24.1. The number of nitrogens with one attached hydrogen (secondary N) is 1. The average Bonchev–Trinajstić information content (AvgIpc) is 2.66. The van der Waals surface area contributed by atoms with Gasteiger partial charge in [0.05, 0.1) is 23.1 Å². The largest absolute Gasteiger partial charge is 0.303 e. The minimum atomic E-state index is -3.46. The normalized spacial score (nSPS) is 12.6. The summed E-state index contributed by atoms with van der Waals surface area (Å²) in [5.74, 6) is -0.284. The molecule has 0 bridgehead atoms. The number of hydrogen-bond donors (Lipinski definition) is 1. The highest BCUT2D eigenvalue weighted by Gasteiger charge is 2.16. The average molecular weight is 391 g/mol. The Morgan fingerprint density at radius 1 is 1.22 bits per heavy atom. The van der Waals surface area contributed by atoms with Crippen molar-refractivity contribution in [3.63, 3.8) is 0 Å². The van der Waals surface area contributed by atoms with Crippen molar-refractivity contribution in [2.45, 2.75) is 52.9 Å². The first-order chi connectivity index (χ1) is 12.8. The molecule has 0 radical (unpaired) electrons. The standard InChI is InChI=1S/C19H26N4O3S/c1-5-7-8-15-10-21-19(23-27(25,26)6-2)22-18(15)16-9-13(3)17(20-11-16)14(4)12-24/h9-12,14H,5-8H2,1-4H3,(H,21,22,23). The quantitative estimate of drug-likeness (QED) is 0.660. The van der Waals surface area contributed by atoms with E-state index in [1.54, 1.807) is 26.2 Å². The van der Waals surface area contributed by atoms with Gasteiger partial charge in [-0.15, -0.1) is 0 Å². The highest BCUT2D eigenvalue weighted by Crippen LogP contribution is 2.26. The molecular weight excluding hydrogens is 364 g/mol. The predicted molar refractivity (Wildman–Crippen MR) is 106 cm³/mol. The van der Waals surface area contributed by atoms with Crippen molar-refractivity contribution in [3.05, 3.63) is 35.3 Å². The fourth-order valence-electron chi connectivity index (χ4n) is 2.72. The minimum absolute atomic E-state index is 0.0510. The monoisotopic (exact) mass is 390 g/mol. The number of aldehydes is 1. The second-order valence-electron chi connectivity index (χ2n) is 6.53. The summed E-state index contributed by atoms with van der Waals surface area (Å²) in [6.45, 7) is 7.36. The van der Waals surface area contributed by atoms with Gasteiger partial charge in [-0.3, -0.25) is 9.71 Å². The van der Waals surface area contributed by atoms with E-state index in [9.17, 15) is 13.2 Å². The van der Waals surface area contributed by atoms with E-state index in [2.05, 4.69) is 26.6 Å². The lowest BCUT2D eigenvalue weighted by Crippen LogP contribution is -2.17. The van der Waals surface area contributed by atoms with Crippen LogP contribution in [0, 0.1) is 6.92 Å². The lowest BCUT2D eigenvalue weighted by molar-refractivity contribution is -0.108.